The van der Waals surface area contributed by atoms with Crippen molar-refractivity contribution in [2.24, 2.45) is 0 Å². The van der Waals surface area contributed by atoms with Gasteiger partial charge in [-0.25, -0.2) is 9.78 Å². The molecule has 0 unspecified atom stereocenters. The summed E-state index contributed by atoms with van der Waals surface area (Å²) in [5.74, 6) is -0.414. The van der Waals surface area contributed by atoms with Crippen LogP contribution in [0.25, 0.3) is 6.08 Å². The molecular formula is C18H20N2O3S. The number of hydrogen-bond donors (Lipinski definition) is 1. The van der Waals surface area contributed by atoms with E-state index in [1.54, 1.807) is 36.5 Å². The van der Waals surface area contributed by atoms with E-state index in [9.17, 15) is 9.59 Å². The number of nitrogens with one attached hydrogen (secondary N) is 1. The Bertz CT molecular complexity index is 720. The van der Waals surface area contributed by atoms with Crippen molar-refractivity contribution in [2.75, 3.05) is 11.9 Å². The van der Waals surface area contributed by atoms with Crippen LogP contribution in [0.3, 0.4) is 0 Å². The molecule has 0 bridgehead atoms. The highest BCUT2D eigenvalue weighted by molar-refractivity contribution is 7.09. The fourth-order valence-electron chi connectivity index (χ4n) is 2.02. The molecular weight excluding hydrogens is 324 g/mol. The van der Waals surface area contributed by atoms with Crippen molar-refractivity contribution in [1.82, 2.24) is 4.98 Å². The Morgan fingerprint density at radius 3 is 2.67 bits per heavy atom. The minimum atomic E-state index is -0.368. The number of aryl methyl sites for hydroxylation is 2. The second kappa shape index (κ2) is 8.98. The van der Waals surface area contributed by atoms with E-state index < -0.39 is 0 Å². The predicted octanol–water partition coefficient (Wildman–Crippen LogP) is 3.60. The molecule has 126 valence electrons. The van der Waals surface area contributed by atoms with Crippen molar-refractivity contribution in [3.8, 4) is 0 Å². The van der Waals surface area contributed by atoms with Crippen molar-refractivity contribution in [1.29, 1.82) is 0 Å². The first kappa shape index (κ1) is 17.9. The van der Waals surface area contributed by atoms with Crippen LogP contribution in [-0.2, 0) is 20.7 Å². The summed E-state index contributed by atoms with van der Waals surface area (Å²) in [6.07, 6.45) is 4.09. The van der Waals surface area contributed by atoms with Gasteiger partial charge in [-0.1, -0.05) is 12.1 Å². The normalized spacial score (nSPS) is 10.8. The number of carbonyl (C=O) groups is 2. The molecule has 0 saturated heterocycles. The maximum absolute atomic E-state index is 12.0. The van der Waals surface area contributed by atoms with Crippen LogP contribution in [0.5, 0.6) is 0 Å². The average molecular weight is 344 g/mol. The van der Waals surface area contributed by atoms with E-state index in [1.807, 2.05) is 24.4 Å². The molecule has 6 heteroatoms. The number of ether oxygens (including phenoxy) is 1. The zero-order chi connectivity index (χ0) is 17.4. The van der Waals surface area contributed by atoms with E-state index >= 15 is 0 Å². The van der Waals surface area contributed by atoms with E-state index in [2.05, 4.69) is 10.3 Å². The van der Waals surface area contributed by atoms with Gasteiger partial charge < -0.3 is 10.1 Å². The first-order valence-electron chi connectivity index (χ1n) is 7.72. The Morgan fingerprint density at radius 2 is 2.04 bits per heavy atom. The van der Waals surface area contributed by atoms with Gasteiger partial charge in [-0.15, -0.1) is 11.3 Å². The zero-order valence-corrected chi connectivity index (χ0v) is 14.6. The van der Waals surface area contributed by atoms with Crippen molar-refractivity contribution in [2.45, 2.75) is 26.7 Å². The molecule has 0 aliphatic carbocycles. The van der Waals surface area contributed by atoms with E-state index in [-0.39, 0.29) is 11.9 Å². The Hall–Kier alpha value is -2.47. The van der Waals surface area contributed by atoms with Gasteiger partial charge in [0, 0.05) is 23.6 Å². The van der Waals surface area contributed by atoms with Crippen molar-refractivity contribution in [3.63, 3.8) is 0 Å². The lowest BCUT2D eigenvalue weighted by Crippen LogP contribution is -2.12. The average Bonchev–Trinajstić information content (AvgIpc) is 2.98. The number of nitrogens with zero attached hydrogens (tertiary/aromatic N) is 1. The molecule has 1 amide bonds. The van der Waals surface area contributed by atoms with Gasteiger partial charge in [0.2, 0.25) is 5.91 Å². The summed E-state index contributed by atoms with van der Waals surface area (Å²) in [5.41, 5.74) is 2.54. The van der Waals surface area contributed by atoms with Crippen LogP contribution in [0.15, 0.2) is 35.7 Å². The highest BCUT2D eigenvalue weighted by Gasteiger charge is 2.05. The molecule has 1 aromatic carbocycles. The SMILES string of the molecule is CCOC(=O)C=Cc1ccc(NC(=O)CCc2csc(C)n2)cc1. The summed E-state index contributed by atoms with van der Waals surface area (Å²) in [5, 5.41) is 5.84. The van der Waals surface area contributed by atoms with Crippen LogP contribution in [0, 0.1) is 6.92 Å². The molecule has 2 rings (SSSR count). The number of carbonyl (C=O) groups excluding carboxylic acids is 2. The molecule has 0 atom stereocenters. The minimum absolute atomic E-state index is 0.0459. The summed E-state index contributed by atoms with van der Waals surface area (Å²) in [4.78, 5) is 27.5. The Morgan fingerprint density at radius 1 is 1.29 bits per heavy atom. The number of rotatable bonds is 7. The Kier molecular flexibility index (Phi) is 6.69. The van der Waals surface area contributed by atoms with Gasteiger partial charge in [0.15, 0.2) is 0 Å². The highest BCUT2D eigenvalue weighted by atomic mass is 32.1. The fraction of sp³-hybridized carbons (Fsp3) is 0.278. The number of thiazole rings is 1. The third-order valence-corrected chi connectivity index (χ3v) is 3.99. The van der Waals surface area contributed by atoms with Crippen LogP contribution >= 0.6 is 11.3 Å². The van der Waals surface area contributed by atoms with E-state index in [0.29, 0.717) is 19.4 Å². The van der Waals surface area contributed by atoms with E-state index in [4.69, 9.17) is 4.74 Å². The summed E-state index contributed by atoms with van der Waals surface area (Å²) in [6, 6.07) is 7.26. The van der Waals surface area contributed by atoms with E-state index in [0.717, 1.165) is 22.0 Å². The van der Waals surface area contributed by atoms with Crippen LogP contribution in [0.2, 0.25) is 0 Å². The van der Waals surface area contributed by atoms with Crippen molar-refractivity contribution in [3.05, 3.63) is 52.0 Å². The molecule has 0 aliphatic heterocycles. The smallest absolute Gasteiger partial charge is 0.330 e. The molecule has 1 N–H and O–H groups in total. The molecule has 0 aliphatic rings. The summed E-state index contributed by atoms with van der Waals surface area (Å²) in [6.45, 7) is 4.07. The maximum Gasteiger partial charge on any atom is 0.330 e. The van der Waals surface area contributed by atoms with Gasteiger partial charge in [0.25, 0.3) is 0 Å². The summed E-state index contributed by atoms with van der Waals surface area (Å²) in [7, 11) is 0. The first-order valence-corrected chi connectivity index (χ1v) is 8.60. The lowest BCUT2D eigenvalue weighted by molar-refractivity contribution is -0.137. The third-order valence-electron chi connectivity index (χ3n) is 3.17. The van der Waals surface area contributed by atoms with Crippen LogP contribution in [0.4, 0.5) is 5.69 Å². The van der Waals surface area contributed by atoms with Crippen LogP contribution in [-0.4, -0.2) is 23.5 Å². The quantitative estimate of drug-likeness (QED) is 0.615. The monoisotopic (exact) mass is 344 g/mol. The number of hydrogen-bond acceptors (Lipinski definition) is 5. The topological polar surface area (TPSA) is 68.3 Å². The molecule has 1 heterocycles. The lowest BCUT2D eigenvalue weighted by Gasteiger charge is -2.05. The van der Waals surface area contributed by atoms with Crippen LogP contribution in [0.1, 0.15) is 29.6 Å². The molecule has 1 aromatic heterocycles. The van der Waals surface area contributed by atoms with Gasteiger partial charge in [-0.2, -0.15) is 0 Å². The molecule has 0 fully saturated rings. The fourth-order valence-corrected chi connectivity index (χ4v) is 2.67. The predicted molar refractivity (Wildman–Crippen MR) is 95.9 cm³/mol. The van der Waals surface area contributed by atoms with Crippen LogP contribution < -0.4 is 5.32 Å². The number of aromatic nitrogens is 1. The van der Waals surface area contributed by atoms with E-state index in [1.165, 1.54) is 6.08 Å². The number of anilines is 1. The number of amides is 1. The molecule has 0 saturated carbocycles. The molecule has 0 radical (unpaired) electrons. The Labute approximate surface area is 145 Å². The van der Waals surface area contributed by atoms with Crippen molar-refractivity contribution < 1.29 is 14.3 Å². The van der Waals surface area contributed by atoms with Gasteiger partial charge in [-0.3, -0.25) is 4.79 Å². The zero-order valence-electron chi connectivity index (χ0n) is 13.7. The van der Waals surface area contributed by atoms with Gasteiger partial charge in [-0.05, 0) is 44.0 Å². The van der Waals surface area contributed by atoms with Gasteiger partial charge in [0.1, 0.15) is 0 Å². The second-order valence-electron chi connectivity index (χ2n) is 5.11. The summed E-state index contributed by atoms with van der Waals surface area (Å²) >= 11 is 1.59. The maximum atomic E-state index is 12.0. The van der Waals surface area contributed by atoms with Gasteiger partial charge in [0.05, 0.1) is 17.3 Å². The molecule has 24 heavy (non-hydrogen) atoms. The minimum Gasteiger partial charge on any atom is -0.463 e. The summed E-state index contributed by atoms with van der Waals surface area (Å²) < 4.78 is 4.82. The highest BCUT2D eigenvalue weighted by Crippen LogP contribution is 2.13. The van der Waals surface area contributed by atoms with Crippen molar-refractivity contribution >= 4 is 35.0 Å². The number of benzene rings is 1. The third kappa shape index (κ3) is 5.96. The molecule has 2 aromatic rings. The number of esters is 1. The lowest BCUT2D eigenvalue weighted by atomic mass is 10.2. The molecule has 5 nitrogen and oxygen atoms in total. The second-order valence-corrected chi connectivity index (χ2v) is 6.18. The molecule has 0 spiro atoms. The first-order chi connectivity index (χ1) is 11.6. The standard InChI is InChI=1S/C18H20N2O3S/c1-3-23-18(22)11-6-14-4-7-15(8-5-14)20-17(21)10-9-16-12-24-13(2)19-16/h4-8,11-12H,3,9-10H2,1-2H3,(H,20,21). The largest absolute Gasteiger partial charge is 0.463 e. The van der Waals surface area contributed by atoms with Gasteiger partial charge >= 0.3 is 5.97 Å². The Balaban J connectivity index is 1.82.